The van der Waals surface area contributed by atoms with Crippen LogP contribution in [0.2, 0.25) is 5.02 Å². The van der Waals surface area contributed by atoms with E-state index in [4.69, 9.17) is 11.6 Å². The second-order valence-corrected chi connectivity index (χ2v) is 5.26. The summed E-state index contributed by atoms with van der Waals surface area (Å²) in [6, 6.07) is 14.4. The Balaban J connectivity index is 1.84. The van der Waals surface area contributed by atoms with Crippen molar-refractivity contribution in [3.63, 3.8) is 0 Å². The Kier molecular flexibility index (Phi) is 5.88. The van der Waals surface area contributed by atoms with Gasteiger partial charge >= 0.3 is 0 Å². The van der Waals surface area contributed by atoms with Crippen molar-refractivity contribution in [1.29, 1.82) is 0 Å². The molecule has 0 unspecified atom stereocenters. The molecule has 0 aliphatic carbocycles. The quantitative estimate of drug-likeness (QED) is 0.502. The zero-order chi connectivity index (χ0) is 16.7. The number of nitrogens with one attached hydrogen (secondary N) is 2. The van der Waals surface area contributed by atoms with Crippen LogP contribution >= 0.6 is 11.6 Å². The molecule has 0 saturated heterocycles. The molecule has 0 heterocycles. The first-order chi connectivity index (χ1) is 11.1. The fourth-order valence-electron chi connectivity index (χ4n) is 1.85. The van der Waals surface area contributed by atoms with Gasteiger partial charge in [-0.3, -0.25) is 9.59 Å². The Hall–Kier alpha value is -2.66. The zero-order valence-corrected chi connectivity index (χ0v) is 13.3. The van der Waals surface area contributed by atoms with Crippen LogP contribution in [-0.4, -0.2) is 18.0 Å². The zero-order valence-electron chi connectivity index (χ0n) is 12.5. The van der Waals surface area contributed by atoms with E-state index in [0.29, 0.717) is 16.3 Å². The predicted octanol–water partition coefficient (Wildman–Crippen LogP) is 3.13. The molecule has 2 aromatic carbocycles. The van der Waals surface area contributed by atoms with E-state index in [-0.39, 0.29) is 6.42 Å². The topological polar surface area (TPSA) is 70.6 Å². The number of benzene rings is 2. The van der Waals surface area contributed by atoms with E-state index in [2.05, 4.69) is 15.8 Å². The number of aryl methyl sites for hydroxylation is 1. The summed E-state index contributed by atoms with van der Waals surface area (Å²) in [6.07, 6.45) is 1.12. The number of carbonyl (C=O) groups excluding carboxylic acids is 2. The van der Waals surface area contributed by atoms with Crippen molar-refractivity contribution in [2.24, 2.45) is 5.10 Å². The van der Waals surface area contributed by atoms with E-state index < -0.39 is 11.8 Å². The highest BCUT2D eigenvalue weighted by Gasteiger charge is 2.09. The van der Waals surface area contributed by atoms with Gasteiger partial charge in [-0.1, -0.05) is 48.0 Å². The van der Waals surface area contributed by atoms with Crippen LogP contribution in [0.5, 0.6) is 0 Å². The van der Waals surface area contributed by atoms with Crippen LogP contribution < -0.4 is 10.7 Å². The van der Waals surface area contributed by atoms with Gasteiger partial charge in [-0.25, -0.2) is 5.43 Å². The van der Waals surface area contributed by atoms with Gasteiger partial charge in [0.15, 0.2) is 0 Å². The highest BCUT2D eigenvalue weighted by atomic mass is 35.5. The van der Waals surface area contributed by atoms with Crippen LogP contribution in [0, 0.1) is 6.92 Å². The molecular formula is C17H16ClN3O2. The Labute approximate surface area is 139 Å². The van der Waals surface area contributed by atoms with Crippen LogP contribution in [0.3, 0.4) is 0 Å². The van der Waals surface area contributed by atoms with E-state index in [9.17, 15) is 9.59 Å². The molecular weight excluding hydrogens is 314 g/mol. The first-order valence-corrected chi connectivity index (χ1v) is 7.36. The van der Waals surface area contributed by atoms with Crippen molar-refractivity contribution < 1.29 is 9.59 Å². The minimum absolute atomic E-state index is 0.311. The molecule has 0 fully saturated rings. The van der Waals surface area contributed by atoms with Gasteiger partial charge in [-0.05, 0) is 24.6 Å². The maximum atomic E-state index is 11.8. The Morgan fingerprint density at radius 2 is 1.78 bits per heavy atom. The lowest BCUT2D eigenvalue weighted by molar-refractivity contribution is -0.126. The first kappa shape index (κ1) is 16.7. The molecule has 0 aliphatic heterocycles. The van der Waals surface area contributed by atoms with Crippen molar-refractivity contribution in [1.82, 2.24) is 5.43 Å². The van der Waals surface area contributed by atoms with Crippen LogP contribution in [-0.2, 0) is 9.59 Å². The third-order valence-electron chi connectivity index (χ3n) is 3.04. The molecule has 5 nitrogen and oxygen atoms in total. The van der Waals surface area contributed by atoms with Gasteiger partial charge in [0.25, 0.3) is 0 Å². The van der Waals surface area contributed by atoms with E-state index in [1.165, 1.54) is 6.21 Å². The Morgan fingerprint density at radius 3 is 2.52 bits per heavy atom. The standard InChI is InChI=1S/C17H16ClN3O2/c1-12-6-2-5-9-15(12)20-16(22)10-17(23)21-19-11-13-7-3-4-8-14(13)18/h2-9,11H,10H2,1H3,(H,20,22)(H,21,23). The SMILES string of the molecule is Cc1ccccc1NC(=O)CC(=O)NN=Cc1ccccc1Cl. The average molecular weight is 330 g/mol. The van der Waals surface area contributed by atoms with Crippen molar-refractivity contribution in [2.75, 3.05) is 5.32 Å². The lowest BCUT2D eigenvalue weighted by Crippen LogP contribution is -2.24. The summed E-state index contributed by atoms with van der Waals surface area (Å²) >= 11 is 5.96. The van der Waals surface area contributed by atoms with Gasteiger partial charge in [0, 0.05) is 16.3 Å². The number of rotatable bonds is 5. The maximum Gasteiger partial charge on any atom is 0.249 e. The normalized spacial score (nSPS) is 10.5. The van der Waals surface area contributed by atoms with Crippen molar-refractivity contribution in [3.05, 3.63) is 64.7 Å². The van der Waals surface area contributed by atoms with Gasteiger partial charge in [0.05, 0.1) is 6.21 Å². The fourth-order valence-corrected chi connectivity index (χ4v) is 2.03. The molecule has 6 heteroatoms. The molecule has 0 aliphatic rings. The molecule has 2 aromatic rings. The lowest BCUT2D eigenvalue weighted by Gasteiger charge is -2.07. The molecule has 0 atom stereocenters. The molecule has 0 bridgehead atoms. The van der Waals surface area contributed by atoms with Crippen LogP contribution in [0.25, 0.3) is 0 Å². The van der Waals surface area contributed by atoms with Gasteiger partial charge in [0.1, 0.15) is 6.42 Å². The second-order valence-electron chi connectivity index (χ2n) is 4.85. The summed E-state index contributed by atoms with van der Waals surface area (Å²) in [4.78, 5) is 23.5. The number of hydrogen-bond acceptors (Lipinski definition) is 3. The second kappa shape index (κ2) is 8.10. The summed E-state index contributed by atoms with van der Waals surface area (Å²) in [6.45, 7) is 1.88. The number of hydrazone groups is 1. The summed E-state index contributed by atoms with van der Waals surface area (Å²) in [5.41, 5.74) is 4.59. The first-order valence-electron chi connectivity index (χ1n) is 6.98. The average Bonchev–Trinajstić information content (AvgIpc) is 2.51. The molecule has 2 amide bonds. The van der Waals surface area contributed by atoms with Crippen LogP contribution in [0.1, 0.15) is 17.5 Å². The number of nitrogens with zero attached hydrogens (tertiary/aromatic N) is 1. The molecule has 23 heavy (non-hydrogen) atoms. The minimum atomic E-state index is -0.501. The van der Waals surface area contributed by atoms with E-state index in [0.717, 1.165) is 5.56 Å². The predicted molar refractivity (Wildman–Crippen MR) is 91.6 cm³/mol. The smallest absolute Gasteiger partial charge is 0.249 e. The molecule has 118 valence electrons. The molecule has 0 radical (unpaired) electrons. The number of para-hydroxylation sites is 1. The minimum Gasteiger partial charge on any atom is -0.325 e. The number of amides is 2. The van der Waals surface area contributed by atoms with Crippen LogP contribution in [0.15, 0.2) is 53.6 Å². The van der Waals surface area contributed by atoms with Crippen LogP contribution in [0.4, 0.5) is 5.69 Å². The summed E-state index contributed by atoms with van der Waals surface area (Å²) in [7, 11) is 0. The maximum absolute atomic E-state index is 11.8. The van der Waals surface area contributed by atoms with Crippen molar-refractivity contribution in [3.8, 4) is 0 Å². The largest absolute Gasteiger partial charge is 0.325 e. The Bertz CT molecular complexity index is 744. The summed E-state index contributed by atoms with van der Waals surface area (Å²) in [5.74, 6) is -0.899. The van der Waals surface area contributed by atoms with Gasteiger partial charge in [-0.15, -0.1) is 0 Å². The third-order valence-corrected chi connectivity index (χ3v) is 3.38. The lowest BCUT2D eigenvalue weighted by atomic mass is 10.2. The van der Waals surface area contributed by atoms with Crippen molar-refractivity contribution in [2.45, 2.75) is 13.3 Å². The van der Waals surface area contributed by atoms with Crippen molar-refractivity contribution >= 4 is 35.3 Å². The highest BCUT2D eigenvalue weighted by molar-refractivity contribution is 6.33. The number of carbonyl (C=O) groups is 2. The summed E-state index contributed by atoms with van der Waals surface area (Å²) < 4.78 is 0. The number of anilines is 1. The van der Waals surface area contributed by atoms with Gasteiger partial charge < -0.3 is 5.32 Å². The summed E-state index contributed by atoms with van der Waals surface area (Å²) in [5, 5.41) is 7.01. The molecule has 2 rings (SSSR count). The fraction of sp³-hybridized carbons (Fsp3) is 0.118. The Morgan fingerprint density at radius 1 is 1.09 bits per heavy atom. The molecule has 0 saturated carbocycles. The van der Waals surface area contributed by atoms with E-state index in [1.807, 2.05) is 31.2 Å². The molecule has 0 spiro atoms. The molecule has 2 N–H and O–H groups in total. The number of hydrogen-bond donors (Lipinski definition) is 2. The van der Waals surface area contributed by atoms with E-state index >= 15 is 0 Å². The monoisotopic (exact) mass is 329 g/mol. The molecule has 0 aromatic heterocycles. The number of halogens is 1. The van der Waals surface area contributed by atoms with Gasteiger partial charge in [0.2, 0.25) is 11.8 Å². The van der Waals surface area contributed by atoms with Gasteiger partial charge in [-0.2, -0.15) is 5.10 Å². The highest BCUT2D eigenvalue weighted by Crippen LogP contribution is 2.13. The third kappa shape index (κ3) is 5.23. The van der Waals surface area contributed by atoms with E-state index in [1.54, 1.807) is 24.3 Å².